The van der Waals surface area contributed by atoms with Crippen molar-refractivity contribution in [3.63, 3.8) is 0 Å². The van der Waals surface area contributed by atoms with Gasteiger partial charge < -0.3 is 9.84 Å². The quantitative estimate of drug-likeness (QED) is 0.678. The molecule has 0 aliphatic rings. The molecule has 5 nitrogen and oxygen atoms in total. The Bertz CT molecular complexity index is 820. The zero-order valence-electron chi connectivity index (χ0n) is 15.8. The summed E-state index contributed by atoms with van der Waals surface area (Å²) in [6.07, 6.45) is 0.555. The van der Waals surface area contributed by atoms with Crippen LogP contribution in [0.1, 0.15) is 25.8 Å². The molecule has 0 aromatic heterocycles. The largest absolute Gasteiger partial charge is 0.497 e. The van der Waals surface area contributed by atoms with Crippen LogP contribution in [-0.4, -0.2) is 37.6 Å². The average molecular weight is 412 g/mol. The predicted octanol–water partition coefficient (Wildman–Crippen LogP) is 3.95. The molecule has 2 aromatic rings. The van der Waals surface area contributed by atoms with Gasteiger partial charge in [0.05, 0.1) is 18.6 Å². The van der Waals surface area contributed by atoms with E-state index in [9.17, 15) is 13.5 Å². The topological polar surface area (TPSA) is 66.8 Å². The average Bonchev–Trinajstić information content (AvgIpc) is 2.65. The molecule has 0 aliphatic heterocycles. The Hall–Kier alpha value is -1.60. The van der Waals surface area contributed by atoms with Crippen molar-refractivity contribution in [2.75, 3.05) is 13.7 Å². The molecular weight excluding hydrogens is 386 g/mol. The van der Waals surface area contributed by atoms with E-state index in [1.807, 2.05) is 26.0 Å². The van der Waals surface area contributed by atoms with Crippen LogP contribution in [-0.2, 0) is 16.6 Å². The molecule has 2 aromatic carbocycles. The highest BCUT2D eigenvalue weighted by Gasteiger charge is 2.31. The van der Waals surface area contributed by atoms with Crippen LogP contribution in [0.2, 0.25) is 5.02 Å². The fourth-order valence-electron chi connectivity index (χ4n) is 2.89. The van der Waals surface area contributed by atoms with Gasteiger partial charge in [-0.15, -0.1) is 0 Å². The van der Waals surface area contributed by atoms with Crippen LogP contribution >= 0.6 is 11.6 Å². The smallest absolute Gasteiger partial charge is 0.243 e. The van der Waals surface area contributed by atoms with E-state index in [0.29, 0.717) is 17.2 Å². The van der Waals surface area contributed by atoms with Crippen molar-refractivity contribution in [1.82, 2.24) is 4.31 Å². The van der Waals surface area contributed by atoms with Gasteiger partial charge in [-0.05, 0) is 54.3 Å². The number of halogens is 1. The lowest BCUT2D eigenvalue weighted by atomic mass is 10.0. The van der Waals surface area contributed by atoms with Crippen molar-refractivity contribution < 1.29 is 18.3 Å². The first-order valence-electron chi connectivity index (χ1n) is 8.79. The summed E-state index contributed by atoms with van der Waals surface area (Å²) in [5.74, 6) is 0.938. The second-order valence-electron chi connectivity index (χ2n) is 6.82. The number of ether oxygens (including phenoxy) is 1. The van der Waals surface area contributed by atoms with Crippen LogP contribution in [0.5, 0.6) is 5.75 Å². The molecule has 1 unspecified atom stereocenters. The first-order chi connectivity index (χ1) is 12.8. The van der Waals surface area contributed by atoms with Crippen molar-refractivity contribution in [2.24, 2.45) is 5.92 Å². The van der Waals surface area contributed by atoms with Gasteiger partial charge in [0, 0.05) is 17.6 Å². The second kappa shape index (κ2) is 9.55. The highest BCUT2D eigenvalue weighted by Crippen LogP contribution is 2.26. The summed E-state index contributed by atoms with van der Waals surface area (Å²) >= 11 is 5.90. The Kier molecular flexibility index (Phi) is 7.68. The highest BCUT2D eigenvalue weighted by atomic mass is 35.5. The Morgan fingerprint density at radius 1 is 1.07 bits per heavy atom. The maximum atomic E-state index is 13.3. The van der Waals surface area contributed by atoms with Gasteiger partial charge in [-0.25, -0.2) is 8.42 Å². The van der Waals surface area contributed by atoms with E-state index in [0.717, 1.165) is 5.56 Å². The third-order valence-corrected chi connectivity index (χ3v) is 6.44. The molecule has 0 heterocycles. The van der Waals surface area contributed by atoms with Gasteiger partial charge in [0.15, 0.2) is 0 Å². The van der Waals surface area contributed by atoms with Crippen LogP contribution < -0.4 is 4.74 Å². The van der Waals surface area contributed by atoms with Crippen LogP contribution in [0.4, 0.5) is 0 Å². The molecule has 7 heteroatoms. The number of aliphatic hydroxyl groups excluding tert-OH is 1. The monoisotopic (exact) mass is 411 g/mol. The third-order valence-electron chi connectivity index (χ3n) is 4.28. The van der Waals surface area contributed by atoms with Gasteiger partial charge in [0.1, 0.15) is 5.75 Å². The minimum atomic E-state index is -3.81. The van der Waals surface area contributed by atoms with Crippen LogP contribution in [0.15, 0.2) is 53.4 Å². The summed E-state index contributed by atoms with van der Waals surface area (Å²) in [5.41, 5.74) is 0.815. The predicted molar refractivity (Wildman–Crippen MR) is 108 cm³/mol. The summed E-state index contributed by atoms with van der Waals surface area (Å²) in [6.45, 7) is 3.92. The molecule has 0 fully saturated rings. The molecule has 148 valence electrons. The number of benzene rings is 2. The van der Waals surface area contributed by atoms with E-state index in [1.165, 1.54) is 16.4 Å². The van der Waals surface area contributed by atoms with Gasteiger partial charge in [-0.3, -0.25) is 0 Å². The molecule has 27 heavy (non-hydrogen) atoms. The van der Waals surface area contributed by atoms with Gasteiger partial charge in [0.2, 0.25) is 10.0 Å². The number of nitrogens with zero attached hydrogens (tertiary/aromatic N) is 1. The van der Waals surface area contributed by atoms with E-state index in [2.05, 4.69) is 0 Å². The SMILES string of the molecule is COc1ccc(CN(C(CO)CC(C)C)S(=O)(=O)c2ccc(Cl)cc2)cc1. The number of sulfonamides is 1. The maximum Gasteiger partial charge on any atom is 0.243 e. The molecule has 0 bridgehead atoms. The lowest BCUT2D eigenvalue weighted by Gasteiger charge is -2.31. The summed E-state index contributed by atoms with van der Waals surface area (Å²) in [7, 11) is -2.23. The van der Waals surface area contributed by atoms with E-state index in [4.69, 9.17) is 16.3 Å². The Labute approximate surface area is 166 Å². The molecule has 0 amide bonds. The second-order valence-corrected chi connectivity index (χ2v) is 9.15. The zero-order valence-corrected chi connectivity index (χ0v) is 17.4. The minimum absolute atomic E-state index is 0.155. The normalized spacial score (nSPS) is 13.1. The molecule has 0 spiro atoms. The molecule has 2 rings (SSSR count). The van der Waals surface area contributed by atoms with Gasteiger partial charge in [-0.2, -0.15) is 4.31 Å². The Morgan fingerprint density at radius 2 is 1.67 bits per heavy atom. The number of hydrogen-bond donors (Lipinski definition) is 1. The van der Waals surface area contributed by atoms with E-state index in [1.54, 1.807) is 31.4 Å². The summed E-state index contributed by atoms with van der Waals surface area (Å²) in [6, 6.07) is 12.8. The number of aliphatic hydroxyl groups is 1. The van der Waals surface area contributed by atoms with Gasteiger partial charge >= 0.3 is 0 Å². The third kappa shape index (κ3) is 5.69. The van der Waals surface area contributed by atoms with Crippen molar-refractivity contribution >= 4 is 21.6 Å². The molecule has 0 saturated carbocycles. The van der Waals surface area contributed by atoms with E-state index < -0.39 is 16.1 Å². The van der Waals surface area contributed by atoms with Crippen molar-refractivity contribution in [3.05, 3.63) is 59.1 Å². The number of rotatable bonds is 9. The Morgan fingerprint density at radius 3 is 2.15 bits per heavy atom. The number of hydrogen-bond acceptors (Lipinski definition) is 4. The van der Waals surface area contributed by atoms with E-state index in [-0.39, 0.29) is 24.0 Å². The molecule has 1 N–H and O–H groups in total. The summed E-state index contributed by atoms with van der Waals surface area (Å²) in [4.78, 5) is 0.155. The van der Waals surface area contributed by atoms with Crippen LogP contribution in [0.25, 0.3) is 0 Å². The van der Waals surface area contributed by atoms with Crippen molar-refractivity contribution in [2.45, 2.75) is 37.8 Å². The van der Waals surface area contributed by atoms with Gasteiger partial charge in [-0.1, -0.05) is 37.6 Å². The Balaban J connectivity index is 2.42. The fourth-order valence-corrected chi connectivity index (χ4v) is 4.63. The fraction of sp³-hybridized carbons (Fsp3) is 0.400. The van der Waals surface area contributed by atoms with Crippen LogP contribution in [0, 0.1) is 5.92 Å². The molecule has 0 aliphatic carbocycles. The molecule has 0 radical (unpaired) electrons. The zero-order chi connectivity index (χ0) is 20.0. The first kappa shape index (κ1) is 21.7. The van der Waals surface area contributed by atoms with Crippen LogP contribution in [0.3, 0.4) is 0 Å². The van der Waals surface area contributed by atoms with Gasteiger partial charge in [0.25, 0.3) is 0 Å². The van der Waals surface area contributed by atoms with E-state index >= 15 is 0 Å². The lowest BCUT2D eigenvalue weighted by molar-refractivity contribution is 0.164. The lowest BCUT2D eigenvalue weighted by Crippen LogP contribution is -2.42. The summed E-state index contributed by atoms with van der Waals surface area (Å²) < 4.78 is 33.1. The highest BCUT2D eigenvalue weighted by molar-refractivity contribution is 7.89. The number of methoxy groups -OCH3 is 1. The van der Waals surface area contributed by atoms with Crippen molar-refractivity contribution in [3.8, 4) is 5.75 Å². The molecule has 0 saturated heterocycles. The first-order valence-corrected chi connectivity index (χ1v) is 10.6. The standard InChI is InChI=1S/C20H26ClNO4S/c1-15(2)12-18(14-23)22(13-16-4-8-19(26-3)9-5-16)27(24,25)20-10-6-17(21)7-11-20/h4-11,15,18,23H,12-14H2,1-3H3. The maximum absolute atomic E-state index is 13.3. The minimum Gasteiger partial charge on any atom is -0.497 e. The van der Waals surface area contributed by atoms with Crippen molar-refractivity contribution in [1.29, 1.82) is 0 Å². The molecular formula is C20H26ClNO4S. The molecule has 1 atom stereocenters. The summed E-state index contributed by atoms with van der Waals surface area (Å²) in [5, 5.41) is 10.4.